The van der Waals surface area contributed by atoms with Crippen molar-refractivity contribution in [3.8, 4) is 5.75 Å². The van der Waals surface area contributed by atoms with Gasteiger partial charge in [-0.3, -0.25) is 9.59 Å². The Balaban J connectivity index is 2.34. The summed E-state index contributed by atoms with van der Waals surface area (Å²) in [5.41, 5.74) is 0.562. The van der Waals surface area contributed by atoms with Crippen molar-refractivity contribution in [2.24, 2.45) is 0 Å². The number of Topliss-reactive ketones (excluding diaryl/α,β-unsaturated/α-hetero) is 1. The van der Waals surface area contributed by atoms with Gasteiger partial charge in [0.25, 0.3) is 5.91 Å². The summed E-state index contributed by atoms with van der Waals surface area (Å²) in [6, 6.07) is 6.81. The van der Waals surface area contributed by atoms with Crippen molar-refractivity contribution < 1.29 is 19.1 Å². The van der Waals surface area contributed by atoms with Crippen molar-refractivity contribution in [1.82, 2.24) is 10.6 Å². The maximum absolute atomic E-state index is 11.9. The molecule has 1 amide bonds. The fourth-order valence-corrected chi connectivity index (χ4v) is 1.76. The molecule has 1 aromatic rings. The van der Waals surface area contributed by atoms with Gasteiger partial charge in [-0.2, -0.15) is 0 Å². The molecule has 1 rings (SSSR count). The SMILES string of the molecule is COCCNCCNC(=O)C(C)Oc1cccc(C(C)=O)c1. The fraction of sp³-hybridized carbons (Fsp3) is 0.500. The highest BCUT2D eigenvalue weighted by Gasteiger charge is 2.14. The molecule has 0 saturated heterocycles. The van der Waals surface area contributed by atoms with E-state index in [2.05, 4.69) is 10.6 Å². The Morgan fingerprint density at radius 2 is 2.00 bits per heavy atom. The number of ketones is 1. The fourth-order valence-electron chi connectivity index (χ4n) is 1.76. The van der Waals surface area contributed by atoms with Crippen LogP contribution < -0.4 is 15.4 Å². The van der Waals surface area contributed by atoms with Crippen LogP contribution in [0.4, 0.5) is 0 Å². The second kappa shape index (κ2) is 9.92. The Kier molecular flexibility index (Phi) is 8.17. The minimum atomic E-state index is -0.624. The molecule has 0 heterocycles. The number of ether oxygens (including phenoxy) is 2. The van der Waals surface area contributed by atoms with Gasteiger partial charge in [0.15, 0.2) is 11.9 Å². The Morgan fingerprint density at radius 3 is 2.68 bits per heavy atom. The summed E-state index contributed by atoms with van der Waals surface area (Å²) < 4.78 is 10.5. The third kappa shape index (κ3) is 6.69. The lowest BCUT2D eigenvalue weighted by Gasteiger charge is -2.15. The van der Waals surface area contributed by atoms with Crippen LogP contribution in [0.15, 0.2) is 24.3 Å². The number of hydrogen-bond acceptors (Lipinski definition) is 5. The van der Waals surface area contributed by atoms with Crippen molar-refractivity contribution >= 4 is 11.7 Å². The van der Waals surface area contributed by atoms with Crippen LogP contribution in [0.3, 0.4) is 0 Å². The first-order chi connectivity index (χ1) is 10.5. The average Bonchev–Trinajstić information content (AvgIpc) is 2.50. The molecule has 0 aliphatic carbocycles. The van der Waals surface area contributed by atoms with Crippen LogP contribution in [-0.2, 0) is 9.53 Å². The summed E-state index contributed by atoms with van der Waals surface area (Å²) in [4.78, 5) is 23.2. The molecule has 0 aromatic heterocycles. The molecular weight excluding hydrogens is 284 g/mol. The van der Waals surface area contributed by atoms with E-state index in [9.17, 15) is 9.59 Å². The number of benzene rings is 1. The normalized spacial score (nSPS) is 11.8. The van der Waals surface area contributed by atoms with E-state index in [0.29, 0.717) is 31.0 Å². The number of carbonyl (C=O) groups excluding carboxylic acids is 2. The zero-order chi connectivity index (χ0) is 16.4. The first-order valence-corrected chi connectivity index (χ1v) is 7.29. The van der Waals surface area contributed by atoms with Crippen molar-refractivity contribution in [3.63, 3.8) is 0 Å². The lowest BCUT2D eigenvalue weighted by atomic mass is 10.1. The van der Waals surface area contributed by atoms with Crippen LogP contribution in [-0.4, -0.2) is 51.1 Å². The first-order valence-electron chi connectivity index (χ1n) is 7.29. The summed E-state index contributed by atoms with van der Waals surface area (Å²) >= 11 is 0. The van der Waals surface area contributed by atoms with Gasteiger partial charge >= 0.3 is 0 Å². The summed E-state index contributed by atoms with van der Waals surface area (Å²) in [6.45, 7) is 5.74. The highest BCUT2D eigenvalue weighted by atomic mass is 16.5. The third-order valence-electron chi connectivity index (χ3n) is 3.01. The van der Waals surface area contributed by atoms with Crippen LogP contribution in [0.1, 0.15) is 24.2 Å². The molecule has 1 aromatic carbocycles. The monoisotopic (exact) mass is 308 g/mol. The van der Waals surface area contributed by atoms with Gasteiger partial charge in [-0.1, -0.05) is 12.1 Å². The molecule has 2 N–H and O–H groups in total. The van der Waals surface area contributed by atoms with E-state index in [0.717, 1.165) is 6.54 Å². The standard InChI is InChI=1S/C16H24N2O4/c1-12(19)14-5-4-6-15(11-14)22-13(2)16(20)18-8-7-17-9-10-21-3/h4-6,11,13,17H,7-10H2,1-3H3,(H,18,20). The van der Waals surface area contributed by atoms with E-state index in [1.165, 1.54) is 6.92 Å². The lowest BCUT2D eigenvalue weighted by Crippen LogP contribution is -2.40. The predicted octanol–water partition coefficient (Wildman–Crippen LogP) is 1.01. The van der Waals surface area contributed by atoms with Gasteiger partial charge in [0, 0.05) is 32.3 Å². The number of hydrogen-bond donors (Lipinski definition) is 2. The Bertz CT molecular complexity index is 491. The number of methoxy groups -OCH3 is 1. The van der Waals surface area contributed by atoms with E-state index in [1.807, 2.05) is 0 Å². The molecule has 1 atom stereocenters. The molecule has 0 bridgehead atoms. The molecule has 6 heteroatoms. The molecule has 6 nitrogen and oxygen atoms in total. The molecular formula is C16H24N2O4. The number of nitrogens with one attached hydrogen (secondary N) is 2. The topological polar surface area (TPSA) is 76.7 Å². The van der Waals surface area contributed by atoms with Gasteiger partial charge in [0.05, 0.1) is 6.61 Å². The van der Waals surface area contributed by atoms with Crippen molar-refractivity contribution in [2.45, 2.75) is 20.0 Å². The average molecular weight is 308 g/mol. The second-order valence-corrected chi connectivity index (χ2v) is 4.88. The van der Waals surface area contributed by atoms with Gasteiger partial charge in [-0.15, -0.1) is 0 Å². The van der Waals surface area contributed by atoms with E-state index in [-0.39, 0.29) is 11.7 Å². The second-order valence-electron chi connectivity index (χ2n) is 4.88. The summed E-state index contributed by atoms with van der Waals surface area (Å²) in [5, 5.41) is 5.91. The van der Waals surface area contributed by atoms with E-state index in [4.69, 9.17) is 9.47 Å². The smallest absolute Gasteiger partial charge is 0.260 e. The molecule has 0 aliphatic heterocycles. The van der Waals surface area contributed by atoms with Crippen LogP contribution in [0.25, 0.3) is 0 Å². The Labute approximate surface area is 131 Å². The minimum Gasteiger partial charge on any atom is -0.481 e. The summed E-state index contributed by atoms with van der Waals surface area (Å²) in [5.74, 6) is 0.278. The van der Waals surface area contributed by atoms with Gasteiger partial charge in [-0.05, 0) is 26.0 Å². The number of carbonyl (C=O) groups is 2. The van der Waals surface area contributed by atoms with Crippen molar-refractivity contribution in [1.29, 1.82) is 0 Å². The molecule has 0 aliphatic rings. The van der Waals surface area contributed by atoms with Crippen LogP contribution >= 0.6 is 0 Å². The highest BCUT2D eigenvalue weighted by molar-refractivity contribution is 5.94. The minimum absolute atomic E-state index is 0.0373. The van der Waals surface area contributed by atoms with Gasteiger partial charge < -0.3 is 20.1 Å². The summed E-state index contributed by atoms with van der Waals surface area (Å²) in [7, 11) is 1.64. The Morgan fingerprint density at radius 1 is 1.23 bits per heavy atom. The molecule has 0 fully saturated rings. The zero-order valence-electron chi connectivity index (χ0n) is 13.3. The third-order valence-corrected chi connectivity index (χ3v) is 3.01. The molecule has 1 unspecified atom stereocenters. The van der Waals surface area contributed by atoms with Gasteiger partial charge in [0.2, 0.25) is 0 Å². The maximum atomic E-state index is 11.9. The molecule has 0 saturated carbocycles. The van der Waals surface area contributed by atoms with E-state index in [1.54, 1.807) is 38.3 Å². The molecule has 0 spiro atoms. The summed E-state index contributed by atoms with van der Waals surface area (Å²) in [6.07, 6.45) is -0.624. The Hall–Kier alpha value is -1.92. The molecule has 122 valence electrons. The first kappa shape index (κ1) is 18.1. The maximum Gasteiger partial charge on any atom is 0.260 e. The van der Waals surface area contributed by atoms with E-state index < -0.39 is 6.10 Å². The van der Waals surface area contributed by atoms with Gasteiger partial charge in [-0.25, -0.2) is 0 Å². The van der Waals surface area contributed by atoms with E-state index >= 15 is 0 Å². The molecule has 22 heavy (non-hydrogen) atoms. The quantitative estimate of drug-likeness (QED) is 0.498. The zero-order valence-corrected chi connectivity index (χ0v) is 13.3. The van der Waals surface area contributed by atoms with Crippen molar-refractivity contribution in [2.75, 3.05) is 33.4 Å². The predicted molar refractivity (Wildman–Crippen MR) is 84.3 cm³/mol. The number of amides is 1. The van der Waals surface area contributed by atoms with Crippen LogP contribution in [0.5, 0.6) is 5.75 Å². The highest BCUT2D eigenvalue weighted by Crippen LogP contribution is 2.15. The van der Waals surface area contributed by atoms with Crippen molar-refractivity contribution in [3.05, 3.63) is 29.8 Å². The lowest BCUT2D eigenvalue weighted by molar-refractivity contribution is -0.127. The van der Waals surface area contributed by atoms with Gasteiger partial charge in [0.1, 0.15) is 5.75 Å². The largest absolute Gasteiger partial charge is 0.481 e. The van der Waals surface area contributed by atoms with Crippen LogP contribution in [0.2, 0.25) is 0 Å². The van der Waals surface area contributed by atoms with Crippen LogP contribution in [0, 0.1) is 0 Å². The number of rotatable bonds is 10. The molecule has 0 radical (unpaired) electrons.